The van der Waals surface area contributed by atoms with E-state index in [9.17, 15) is 18.8 Å². The number of benzene rings is 1. The molecule has 0 spiro atoms. The average molecular weight is 434 g/mol. The summed E-state index contributed by atoms with van der Waals surface area (Å²) in [6.07, 6.45) is -0.362. The molecule has 168 valence electrons. The Morgan fingerprint density at radius 1 is 1.13 bits per heavy atom. The fourth-order valence-electron chi connectivity index (χ4n) is 3.55. The van der Waals surface area contributed by atoms with Crippen LogP contribution in [0.1, 0.15) is 31.3 Å². The zero-order chi connectivity index (χ0) is 22.5. The number of rotatable bonds is 6. The fourth-order valence-corrected chi connectivity index (χ4v) is 3.55. The summed E-state index contributed by atoms with van der Waals surface area (Å²) in [5.74, 6) is -1.47. The minimum absolute atomic E-state index is 0.0649. The fraction of sp³-hybridized carbons (Fsp3) is 0.476. The lowest BCUT2D eigenvalue weighted by Gasteiger charge is -2.36. The number of esters is 1. The van der Waals surface area contributed by atoms with Gasteiger partial charge >= 0.3 is 12.1 Å². The number of nitrogens with zero attached hydrogens (tertiary/aromatic N) is 2. The van der Waals surface area contributed by atoms with Gasteiger partial charge in [0.25, 0.3) is 0 Å². The van der Waals surface area contributed by atoms with Crippen LogP contribution in [0.5, 0.6) is 0 Å². The molecule has 0 unspecified atom stereocenters. The summed E-state index contributed by atoms with van der Waals surface area (Å²) >= 11 is 0. The Bertz CT molecular complexity index is 968. The van der Waals surface area contributed by atoms with Crippen LogP contribution in [0, 0.1) is 5.82 Å². The standard InChI is InChI=1S/C21H27FN4O5/c1-4-30-20(28)18-17(15-12-14(22)6-7-16(15)23-18)24-19(27)13(3)25-8-10-26(11-9-25)21(29)31-5-2/h6-7,12-13,23H,4-5,8-11H2,1-3H3,(H,24,27)/t13-/m0/s1. The van der Waals surface area contributed by atoms with E-state index in [1.54, 1.807) is 25.7 Å². The van der Waals surface area contributed by atoms with Gasteiger partial charge in [-0.1, -0.05) is 0 Å². The van der Waals surface area contributed by atoms with Gasteiger partial charge in [0.2, 0.25) is 5.91 Å². The highest BCUT2D eigenvalue weighted by Crippen LogP contribution is 2.29. The molecule has 1 saturated heterocycles. The van der Waals surface area contributed by atoms with Crippen molar-refractivity contribution in [3.05, 3.63) is 29.7 Å². The second-order valence-electron chi connectivity index (χ2n) is 7.17. The van der Waals surface area contributed by atoms with Crippen LogP contribution < -0.4 is 5.32 Å². The summed E-state index contributed by atoms with van der Waals surface area (Å²) in [5.41, 5.74) is 0.764. The maximum Gasteiger partial charge on any atom is 0.409 e. The van der Waals surface area contributed by atoms with Crippen LogP contribution in [0.3, 0.4) is 0 Å². The van der Waals surface area contributed by atoms with Crippen molar-refractivity contribution in [1.82, 2.24) is 14.8 Å². The Labute approximate surface area is 179 Å². The summed E-state index contributed by atoms with van der Waals surface area (Å²) in [6, 6.07) is 3.50. The molecule has 1 aromatic heterocycles. The summed E-state index contributed by atoms with van der Waals surface area (Å²) in [5, 5.41) is 3.15. The third-order valence-electron chi connectivity index (χ3n) is 5.26. The van der Waals surface area contributed by atoms with Crippen molar-refractivity contribution in [2.24, 2.45) is 0 Å². The number of fused-ring (bicyclic) bond motifs is 1. The SMILES string of the molecule is CCOC(=O)c1[nH]c2ccc(F)cc2c1NC(=O)[C@H](C)N1CCN(C(=O)OCC)CC1. The molecule has 0 aliphatic carbocycles. The number of amides is 2. The smallest absolute Gasteiger partial charge is 0.409 e. The molecule has 1 atom stereocenters. The Morgan fingerprint density at radius 3 is 2.45 bits per heavy atom. The van der Waals surface area contributed by atoms with Crippen LogP contribution in [0.15, 0.2) is 18.2 Å². The van der Waals surface area contributed by atoms with E-state index >= 15 is 0 Å². The molecule has 0 bridgehead atoms. The van der Waals surface area contributed by atoms with Gasteiger partial charge in [0.1, 0.15) is 11.5 Å². The normalized spacial score (nSPS) is 15.5. The van der Waals surface area contributed by atoms with E-state index in [2.05, 4.69) is 10.3 Å². The Morgan fingerprint density at radius 2 is 1.81 bits per heavy atom. The minimum Gasteiger partial charge on any atom is -0.461 e. The summed E-state index contributed by atoms with van der Waals surface area (Å²) in [6.45, 7) is 7.54. The number of aromatic nitrogens is 1. The predicted molar refractivity (Wildman–Crippen MR) is 112 cm³/mol. The van der Waals surface area contributed by atoms with E-state index in [4.69, 9.17) is 9.47 Å². The Kier molecular flexibility index (Phi) is 7.11. The third-order valence-corrected chi connectivity index (χ3v) is 5.26. The number of aromatic amines is 1. The summed E-state index contributed by atoms with van der Waals surface area (Å²) in [4.78, 5) is 43.6. The number of halogens is 1. The molecule has 10 heteroatoms. The molecule has 2 heterocycles. The van der Waals surface area contributed by atoms with Crippen molar-refractivity contribution >= 4 is 34.6 Å². The molecule has 1 fully saturated rings. The van der Waals surface area contributed by atoms with Crippen molar-refractivity contribution < 1.29 is 28.2 Å². The van der Waals surface area contributed by atoms with Crippen molar-refractivity contribution in [2.75, 3.05) is 44.7 Å². The van der Waals surface area contributed by atoms with Gasteiger partial charge in [0.15, 0.2) is 0 Å². The van der Waals surface area contributed by atoms with Crippen LogP contribution >= 0.6 is 0 Å². The second kappa shape index (κ2) is 9.78. The molecule has 2 aromatic rings. The zero-order valence-corrected chi connectivity index (χ0v) is 17.9. The van der Waals surface area contributed by atoms with Crippen LogP contribution in [-0.4, -0.2) is 78.2 Å². The van der Waals surface area contributed by atoms with Crippen LogP contribution in [0.4, 0.5) is 14.9 Å². The summed E-state index contributed by atoms with van der Waals surface area (Å²) in [7, 11) is 0. The molecule has 0 saturated carbocycles. The largest absolute Gasteiger partial charge is 0.461 e. The lowest BCUT2D eigenvalue weighted by Crippen LogP contribution is -2.54. The quantitative estimate of drug-likeness (QED) is 0.678. The first kappa shape index (κ1) is 22.5. The monoisotopic (exact) mass is 434 g/mol. The van der Waals surface area contributed by atoms with Gasteiger partial charge in [0.05, 0.1) is 24.9 Å². The van der Waals surface area contributed by atoms with Gasteiger partial charge in [-0.15, -0.1) is 0 Å². The molecule has 1 aliphatic rings. The first-order valence-electron chi connectivity index (χ1n) is 10.3. The van der Waals surface area contributed by atoms with E-state index in [0.717, 1.165) is 0 Å². The summed E-state index contributed by atoms with van der Waals surface area (Å²) < 4.78 is 23.9. The molecule has 3 rings (SSSR count). The number of anilines is 1. The van der Waals surface area contributed by atoms with E-state index < -0.39 is 17.8 Å². The van der Waals surface area contributed by atoms with E-state index in [1.165, 1.54) is 18.2 Å². The highest BCUT2D eigenvalue weighted by molar-refractivity contribution is 6.11. The molecular formula is C21H27FN4O5. The number of carbonyl (C=O) groups excluding carboxylic acids is 3. The lowest BCUT2D eigenvalue weighted by molar-refractivity contribution is -0.121. The van der Waals surface area contributed by atoms with Crippen molar-refractivity contribution in [3.8, 4) is 0 Å². The number of H-pyrrole nitrogens is 1. The first-order chi connectivity index (χ1) is 14.8. The molecule has 31 heavy (non-hydrogen) atoms. The van der Waals surface area contributed by atoms with Gasteiger partial charge in [0, 0.05) is 37.1 Å². The van der Waals surface area contributed by atoms with Crippen molar-refractivity contribution in [2.45, 2.75) is 26.8 Å². The highest BCUT2D eigenvalue weighted by Gasteiger charge is 2.29. The molecule has 2 N–H and O–H groups in total. The predicted octanol–water partition coefficient (Wildman–Crippen LogP) is 2.58. The molecular weight excluding hydrogens is 407 g/mol. The Balaban J connectivity index is 1.75. The van der Waals surface area contributed by atoms with E-state index in [0.29, 0.717) is 43.7 Å². The number of nitrogens with one attached hydrogen (secondary N) is 2. The van der Waals surface area contributed by atoms with Gasteiger partial charge in [-0.25, -0.2) is 14.0 Å². The van der Waals surface area contributed by atoms with Crippen LogP contribution in [0.25, 0.3) is 10.9 Å². The molecule has 0 radical (unpaired) electrons. The highest BCUT2D eigenvalue weighted by atomic mass is 19.1. The topological polar surface area (TPSA) is 104 Å². The van der Waals surface area contributed by atoms with E-state index in [-0.39, 0.29) is 30.0 Å². The lowest BCUT2D eigenvalue weighted by atomic mass is 10.1. The second-order valence-corrected chi connectivity index (χ2v) is 7.17. The molecule has 9 nitrogen and oxygen atoms in total. The zero-order valence-electron chi connectivity index (χ0n) is 17.9. The average Bonchev–Trinajstić information content (AvgIpc) is 3.11. The Hall–Kier alpha value is -3.14. The van der Waals surface area contributed by atoms with Crippen molar-refractivity contribution in [3.63, 3.8) is 0 Å². The molecule has 2 amide bonds. The van der Waals surface area contributed by atoms with Crippen molar-refractivity contribution in [1.29, 1.82) is 0 Å². The van der Waals surface area contributed by atoms with Crippen LogP contribution in [0.2, 0.25) is 0 Å². The van der Waals surface area contributed by atoms with Gasteiger partial charge in [-0.3, -0.25) is 9.69 Å². The van der Waals surface area contributed by atoms with Gasteiger partial charge < -0.3 is 24.7 Å². The van der Waals surface area contributed by atoms with Gasteiger partial charge in [-0.2, -0.15) is 0 Å². The number of hydrogen-bond acceptors (Lipinski definition) is 6. The van der Waals surface area contributed by atoms with E-state index in [1.807, 2.05) is 4.90 Å². The first-order valence-corrected chi connectivity index (χ1v) is 10.3. The van der Waals surface area contributed by atoms with Gasteiger partial charge in [-0.05, 0) is 39.0 Å². The number of ether oxygens (including phenoxy) is 2. The maximum absolute atomic E-state index is 13.8. The maximum atomic E-state index is 13.8. The number of hydrogen-bond donors (Lipinski definition) is 2. The number of piperazine rings is 1. The molecule has 1 aliphatic heterocycles. The van der Waals surface area contributed by atoms with Crippen LogP contribution in [-0.2, 0) is 14.3 Å². The minimum atomic E-state index is -0.634. The number of carbonyl (C=O) groups is 3. The molecule has 1 aromatic carbocycles. The third kappa shape index (κ3) is 4.96.